The smallest absolute Gasteiger partial charge is 0.271 e. The maximum atomic E-state index is 11.1. The molecule has 0 spiro atoms. The monoisotopic (exact) mass is 458 g/mol. The van der Waals surface area contributed by atoms with Gasteiger partial charge in [-0.1, -0.05) is 0 Å². The number of halogens is 2. The Balaban J connectivity index is 0.00000225. The van der Waals surface area contributed by atoms with Gasteiger partial charge in [0, 0.05) is 48.6 Å². The van der Waals surface area contributed by atoms with Gasteiger partial charge in [-0.25, -0.2) is 4.98 Å². The Morgan fingerprint density at radius 2 is 1.67 bits per heavy atom. The van der Waals surface area contributed by atoms with E-state index in [2.05, 4.69) is 15.6 Å². The summed E-state index contributed by atoms with van der Waals surface area (Å²) in [5, 5.41) is 28.1. The zero-order chi connectivity index (χ0) is 20.1. The van der Waals surface area contributed by atoms with Gasteiger partial charge in [-0.05, 0) is 12.1 Å². The van der Waals surface area contributed by atoms with E-state index in [0.717, 1.165) is 16.5 Å². The van der Waals surface area contributed by atoms with E-state index in [1.54, 1.807) is 26.4 Å². The van der Waals surface area contributed by atoms with Gasteiger partial charge in [0.15, 0.2) is 11.5 Å². The van der Waals surface area contributed by atoms with E-state index >= 15 is 0 Å². The number of nitro benzene ring substituents is 1. The highest BCUT2D eigenvalue weighted by Crippen LogP contribution is 2.38. The highest BCUT2D eigenvalue weighted by molar-refractivity contribution is 6.08. The Hall–Kier alpha value is -2.59. The van der Waals surface area contributed by atoms with Crippen LogP contribution in [-0.2, 0) is 0 Å². The molecule has 2 aromatic carbocycles. The Labute approximate surface area is 185 Å². The van der Waals surface area contributed by atoms with Crippen LogP contribution >= 0.6 is 24.8 Å². The molecule has 1 aromatic heterocycles. The van der Waals surface area contributed by atoms with Crippen molar-refractivity contribution in [1.29, 1.82) is 0 Å². The lowest BCUT2D eigenvalue weighted by molar-refractivity contribution is -0.384. The number of nitrogens with one attached hydrogen (secondary N) is 2. The average molecular weight is 459 g/mol. The van der Waals surface area contributed by atoms with Crippen LogP contribution in [0.5, 0.6) is 11.5 Å². The molecule has 0 fully saturated rings. The van der Waals surface area contributed by atoms with Crippen LogP contribution in [0.1, 0.15) is 0 Å². The highest BCUT2D eigenvalue weighted by atomic mass is 35.5. The lowest BCUT2D eigenvalue weighted by Gasteiger charge is -2.16. The Bertz CT molecular complexity index is 1020. The maximum Gasteiger partial charge on any atom is 0.271 e. The number of fused-ring (bicyclic) bond motifs is 2. The van der Waals surface area contributed by atoms with Crippen molar-refractivity contribution in [3.05, 3.63) is 40.4 Å². The van der Waals surface area contributed by atoms with Crippen molar-refractivity contribution in [2.24, 2.45) is 0 Å². The SMILES string of the molecule is COc1cc2nc3cc([N+](=O)[O-])ccc3c(NCCNCCO)c2cc1OC.Cl.Cl. The number of anilines is 1. The lowest BCUT2D eigenvalue weighted by atomic mass is 10.1. The predicted molar refractivity (Wildman–Crippen MR) is 122 cm³/mol. The van der Waals surface area contributed by atoms with E-state index < -0.39 is 4.92 Å². The summed E-state index contributed by atoms with van der Waals surface area (Å²) in [6, 6.07) is 8.21. The zero-order valence-corrected chi connectivity index (χ0v) is 18.1. The number of nitro groups is 1. The maximum absolute atomic E-state index is 11.1. The fraction of sp³-hybridized carbons (Fsp3) is 0.316. The second kappa shape index (κ2) is 11.6. The zero-order valence-electron chi connectivity index (χ0n) is 16.5. The number of methoxy groups -OCH3 is 2. The van der Waals surface area contributed by atoms with Crippen molar-refractivity contribution in [2.45, 2.75) is 0 Å². The quantitative estimate of drug-likeness (QED) is 0.193. The first-order valence-corrected chi connectivity index (χ1v) is 8.78. The summed E-state index contributed by atoms with van der Waals surface area (Å²) in [4.78, 5) is 15.3. The molecule has 0 saturated carbocycles. The third-order valence-electron chi connectivity index (χ3n) is 4.37. The van der Waals surface area contributed by atoms with Crippen molar-refractivity contribution < 1.29 is 19.5 Å². The molecule has 0 unspecified atom stereocenters. The summed E-state index contributed by atoms with van der Waals surface area (Å²) in [7, 11) is 3.11. The standard InChI is InChI=1S/C19H22N4O5.2ClH/c1-27-17-10-14-16(11-18(17)28-2)22-15-9-12(23(25)26)3-4-13(15)19(14)21-6-5-20-7-8-24;;/h3-4,9-11,20,24H,5-8H2,1-2H3,(H,21,22);2*1H. The largest absolute Gasteiger partial charge is 0.493 e. The number of pyridine rings is 1. The van der Waals surface area contributed by atoms with Crippen molar-refractivity contribution >= 4 is 58.0 Å². The van der Waals surface area contributed by atoms with Gasteiger partial charge in [-0.2, -0.15) is 0 Å². The van der Waals surface area contributed by atoms with E-state index in [9.17, 15) is 10.1 Å². The van der Waals surface area contributed by atoms with E-state index in [4.69, 9.17) is 14.6 Å². The number of aliphatic hydroxyl groups is 1. The fourth-order valence-electron chi connectivity index (χ4n) is 3.04. The minimum Gasteiger partial charge on any atom is -0.493 e. The first kappa shape index (κ1) is 25.4. The van der Waals surface area contributed by atoms with E-state index in [0.29, 0.717) is 42.2 Å². The van der Waals surface area contributed by atoms with Crippen molar-refractivity contribution in [1.82, 2.24) is 10.3 Å². The number of benzene rings is 2. The molecule has 0 aliphatic heterocycles. The van der Waals surface area contributed by atoms with Crippen LogP contribution in [-0.4, -0.2) is 55.5 Å². The van der Waals surface area contributed by atoms with Crippen LogP contribution < -0.4 is 20.1 Å². The lowest BCUT2D eigenvalue weighted by Crippen LogP contribution is -2.25. The molecule has 0 aliphatic carbocycles. The van der Waals surface area contributed by atoms with E-state index in [1.807, 2.05) is 6.07 Å². The molecule has 9 nitrogen and oxygen atoms in total. The number of hydrogen-bond acceptors (Lipinski definition) is 8. The highest BCUT2D eigenvalue weighted by Gasteiger charge is 2.16. The summed E-state index contributed by atoms with van der Waals surface area (Å²) in [5.74, 6) is 1.10. The number of nitrogens with zero attached hydrogens (tertiary/aromatic N) is 2. The van der Waals surface area contributed by atoms with Crippen molar-refractivity contribution in [3.8, 4) is 11.5 Å². The van der Waals surface area contributed by atoms with E-state index in [1.165, 1.54) is 12.1 Å². The van der Waals surface area contributed by atoms with Crippen LogP contribution in [0.2, 0.25) is 0 Å². The number of aliphatic hydroxyl groups excluding tert-OH is 1. The molecule has 164 valence electrons. The molecule has 0 radical (unpaired) electrons. The second-order valence-corrected chi connectivity index (χ2v) is 6.07. The molecule has 1 heterocycles. The van der Waals surface area contributed by atoms with Gasteiger partial charge in [0.05, 0.1) is 42.5 Å². The van der Waals surface area contributed by atoms with Crippen molar-refractivity contribution in [2.75, 3.05) is 45.8 Å². The summed E-state index contributed by atoms with van der Waals surface area (Å²) in [5.41, 5.74) is 1.94. The van der Waals surface area contributed by atoms with Gasteiger partial charge in [0.25, 0.3) is 5.69 Å². The van der Waals surface area contributed by atoms with Crippen LogP contribution in [0.4, 0.5) is 11.4 Å². The number of ether oxygens (including phenoxy) is 2. The molecule has 30 heavy (non-hydrogen) atoms. The first-order valence-electron chi connectivity index (χ1n) is 8.78. The molecule has 3 rings (SSSR count). The number of rotatable bonds is 9. The van der Waals surface area contributed by atoms with Crippen LogP contribution in [0.25, 0.3) is 21.8 Å². The fourth-order valence-corrected chi connectivity index (χ4v) is 3.04. The first-order chi connectivity index (χ1) is 13.6. The summed E-state index contributed by atoms with van der Waals surface area (Å²) >= 11 is 0. The topological polar surface area (TPSA) is 119 Å². The summed E-state index contributed by atoms with van der Waals surface area (Å²) in [6.07, 6.45) is 0. The normalized spacial score (nSPS) is 10.2. The van der Waals surface area contributed by atoms with Gasteiger partial charge in [0.1, 0.15) is 0 Å². The molecular weight excluding hydrogens is 435 g/mol. The third-order valence-corrected chi connectivity index (χ3v) is 4.37. The number of non-ortho nitro benzene ring substituents is 1. The van der Waals surface area contributed by atoms with Gasteiger partial charge >= 0.3 is 0 Å². The third kappa shape index (κ3) is 5.31. The molecule has 0 atom stereocenters. The van der Waals surface area contributed by atoms with Crippen molar-refractivity contribution in [3.63, 3.8) is 0 Å². The second-order valence-electron chi connectivity index (χ2n) is 6.07. The van der Waals surface area contributed by atoms with Crippen LogP contribution in [0.3, 0.4) is 0 Å². The summed E-state index contributed by atoms with van der Waals surface area (Å²) in [6.45, 7) is 1.82. The molecule has 0 amide bonds. The number of hydrogen-bond donors (Lipinski definition) is 3. The molecule has 11 heteroatoms. The molecule has 3 aromatic rings. The molecular formula is C19H24Cl2N4O5. The Kier molecular flexibility index (Phi) is 9.80. The average Bonchev–Trinajstić information content (AvgIpc) is 2.71. The van der Waals surface area contributed by atoms with Crippen LogP contribution in [0.15, 0.2) is 30.3 Å². The molecule has 3 N–H and O–H groups in total. The molecule has 0 aliphatic rings. The van der Waals surface area contributed by atoms with Crippen LogP contribution in [0, 0.1) is 10.1 Å². The van der Waals surface area contributed by atoms with E-state index in [-0.39, 0.29) is 37.1 Å². The van der Waals surface area contributed by atoms with Gasteiger partial charge in [0.2, 0.25) is 0 Å². The minimum atomic E-state index is -0.439. The predicted octanol–water partition coefficient (Wildman–Crippen LogP) is 3.15. The minimum absolute atomic E-state index is 0. The number of aromatic nitrogens is 1. The molecule has 0 bridgehead atoms. The Morgan fingerprint density at radius 1 is 1.00 bits per heavy atom. The summed E-state index contributed by atoms with van der Waals surface area (Å²) < 4.78 is 10.8. The van der Waals surface area contributed by atoms with Gasteiger partial charge in [-0.15, -0.1) is 24.8 Å². The molecule has 0 saturated heterocycles. The van der Waals surface area contributed by atoms with Gasteiger partial charge in [-0.3, -0.25) is 10.1 Å². The Morgan fingerprint density at radius 3 is 2.30 bits per heavy atom. The van der Waals surface area contributed by atoms with Gasteiger partial charge < -0.3 is 25.2 Å².